The molecule has 0 saturated heterocycles. The first-order chi connectivity index (χ1) is 9.24. The van der Waals surface area contributed by atoms with E-state index in [1.807, 2.05) is 20.8 Å². The second-order valence-electron chi connectivity index (χ2n) is 4.80. The molecule has 0 atom stereocenters. The Morgan fingerprint density at radius 1 is 1.45 bits per heavy atom. The minimum atomic E-state index is -1.54. The number of anilines is 1. The first-order valence-corrected chi connectivity index (χ1v) is 6.23. The van der Waals surface area contributed by atoms with Crippen molar-refractivity contribution in [2.24, 2.45) is 0 Å². The molecule has 1 aromatic carbocycles. The number of carboxylic acid groups (broad SMARTS) is 1. The highest BCUT2D eigenvalue weighted by Gasteiger charge is 2.27. The lowest BCUT2D eigenvalue weighted by Gasteiger charge is -2.29. The number of nitro benzene ring substituents is 1. The fraction of sp³-hybridized carbons (Fsp3) is 0.462. The van der Waals surface area contributed by atoms with Crippen LogP contribution in [0.15, 0.2) is 12.1 Å². The standard InChI is InChI=1S/C13H17FN2O4/c1-4-13(3,5-2)15-10-7-9(14)8(12(17)18)6-11(10)16(19)20/h6-7,15H,4-5H2,1-3H3,(H,17,18). The molecule has 1 rings (SSSR count). The summed E-state index contributed by atoms with van der Waals surface area (Å²) in [6, 6.07) is 1.61. The molecule has 0 spiro atoms. The monoisotopic (exact) mass is 284 g/mol. The van der Waals surface area contributed by atoms with Gasteiger partial charge in [0.25, 0.3) is 5.69 Å². The molecule has 0 aromatic heterocycles. The summed E-state index contributed by atoms with van der Waals surface area (Å²) in [5.74, 6) is -2.54. The van der Waals surface area contributed by atoms with Gasteiger partial charge >= 0.3 is 5.97 Å². The van der Waals surface area contributed by atoms with E-state index in [2.05, 4.69) is 5.32 Å². The Hall–Kier alpha value is -2.18. The molecule has 0 aliphatic heterocycles. The quantitative estimate of drug-likeness (QED) is 0.616. The zero-order valence-electron chi connectivity index (χ0n) is 11.6. The van der Waals surface area contributed by atoms with Crippen molar-refractivity contribution in [3.8, 4) is 0 Å². The summed E-state index contributed by atoms with van der Waals surface area (Å²) >= 11 is 0. The topological polar surface area (TPSA) is 92.5 Å². The van der Waals surface area contributed by atoms with Crippen molar-refractivity contribution in [3.63, 3.8) is 0 Å². The van der Waals surface area contributed by atoms with Gasteiger partial charge in [-0.1, -0.05) is 13.8 Å². The van der Waals surface area contributed by atoms with E-state index in [4.69, 9.17) is 5.11 Å². The summed E-state index contributed by atoms with van der Waals surface area (Å²) in [6.07, 6.45) is 1.37. The predicted octanol–water partition coefficient (Wildman–Crippen LogP) is 3.42. The Morgan fingerprint density at radius 3 is 2.40 bits per heavy atom. The molecule has 20 heavy (non-hydrogen) atoms. The first-order valence-electron chi connectivity index (χ1n) is 6.23. The van der Waals surface area contributed by atoms with Crippen molar-refractivity contribution in [1.29, 1.82) is 0 Å². The summed E-state index contributed by atoms with van der Waals surface area (Å²) in [7, 11) is 0. The van der Waals surface area contributed by atoms with Crippen LogP contribution in [0.4, 0.5) is 15.8 Å². The van der Waals surface area contributed by atoms with Crippen molar-refractivity contribution in [1.82, 2.24) is 0 Å². The first kappa shape index (κ1) is 15.9. The fourth-order valence-electron chi connectivity index (χ4n) is 1.73. The van der Waals surface area contributed by atoms with Gasteiger partial charge in [-0.3, -0.25) is 10.1 Å². The van der Waals surface area contributed by atoms with E-state index >= 15 is 0 Å². The highest BCUT2D eigenvalue weighted by molar-refractivity contribution is 5.90. The van der Waals surface area contributed by atoms with Crippen LogP contribution in [0.5, 0.6) is 0 Å². The molecule has 110 valence electrons. The van der Waals surface area contributed by atoms with E-state index in [1.54, 1.807) is 0 Å². The lowest BCUT2D eigenvalue weighted by atomic mass is 9.95. The zero-order chi connectivity index (χ0) is 15.5. The molecule has 0 unspecified atom stereocenters. The highest BCUT2D eigenvalue weighted by atomic mass is 19.1. The highest BCUT2D eigenvalue weighted by Crippen LogP contribution is 2.32. The molecule has 0 aliphatic rings. The molecular formula is C13H17FN2O4. The Kier molecular flexibility index (Phi) is 4.65. The van der Waals surface area contributed by atoms with Gasteiger partial charge in [0, 0.05) is 17.7 Å². The van der Waals surface area contributed by atoms with Crippen LogP contribution in [-0.2, 0) is 0 Å². The van der Waals surface area contributed by atoms with Crippen LogP contribution in [0.1, 0.15) is 44.0 Å². The molecule has 0 heterocycles. The van der Waals surface area contributed by atoms with Gasteiger partial charge in [0.05, 0.1) is 4.92 Å². The van der Waals surface area contributed by atoms with Crippen LogP contribution in [0.2, 0.25) is 0 Å². The third kappa shape index (κ3) is 3.23. The summed E-state index contributed by atoms with van der Waals surface area (Å²) in [6.45, 7) is 5.67. The summed E-state index contributed by atoms with van der Waals surface area (Å²) in [5.41, 5.74) is -1.60. The van der Waals surface area contributed by atoms with Gasteiger partial charge in [0.2, 0.25) is 0 Å². The van der Waals surface area contributed by atoms with Crippen molar-refractivity contribution < 1.29 is 19.2 Å². The minimum Gasteiger partial charge on any atom is -0.478 e. The third-order valence-electron chi connectivity index (χ3n) is 3.51. The van der Waals surface area contributed by atoms with Gasteiger partial charge in [-0.25, -0.2) is 9.18 Å². The van der Waals surface area contributed by atoms with Crippen LogP contribution in [0.25, 0.3) is 0 Å². The number of carbonyl (C=O) groups is 1. The van der Waals surface area contributed by atoms with Crippen LogP contribution in [-0.4, -0.2) is 21.5 Å². The molecule has 6 nitrogen and oxygen atoms in total. The van der Waals surface area contributed by atoms with Crippen LogP contribution in [0.3, 0.4) is 0 Å². The number of nitrogens with one attached hydrogen (secondary N) is 1. The number of carboxylic acids is 1. The number of nitrogens with zero attached hydrogens (tertiary/aromatic N) is 1. The number of benzene rings is 1. The van der Waals surface area contributed by atoms with Gasteiger partial charge in [-0.2, -0.15) is 0 Å². The molecule has 0 fully saturated rings. The minimum absolute atomic E-state index is 0.0105. The Labute approximate surface area is 115 Å². The molecule has 0 radical (unpaired) electrons. The second kappa shape index (κ2) is 5.85. The van der Waals surface area contributed by atoms with Crippen LogP contribution >= 0.6 is 0 Å². The number of nitro groups is 1. The van der Waals surface area contributed by atoms with Gasteiger partial charge in [0.1, 0.15) is 17.1 Å². The van der Waals surface area contributed by atoms with E-state index in [0.717, 1.165) is 12.1 Å². The molecule has 0 aliphatic carbocycles. The third-order valence-corrected chi connectivity index (χ3v) is 3.51. The molecular weight excluding hydrogens is 267 g/mol. The van der Waals surface area contributed by atoms with Crippen molar-refractivity contribution in [2.75, 3.05) is 5.32 Å². The average Bonchev–Trinajstić information content (AvgIpc) is 2.37. The van der Waals surface area contributed by atoms with E-state index in [0.29, 0.717) is 12.8 Å². The number of hydrogen-bond donors (Lipinski definition) is 2. The van der Waals surface area contributed by atoms with Crippen LogP contribution < -0.4 is 5.32 Å². The number of rotatable bonds is 6. The molecule has 0 amide bonds. The van der Waals surface area contributed by atoms with Crippen LogP contribution in [0, 0.1) is 15.9 Å². The van der Waals surface area contributed by atoms with Crippen molar-refractivity contribution in [2.45, 2.75) is 39.2 Å². The Balaban J connectivity index is 3.36. The Morgan fingerprint density at radius 2 is 2.00 bits per heavy atom. The smallest absolute Gasteiger partial charge is 0.338 e. The molecule has 7 heteroatoms. The zero-order valence-corrected chi connectivity index (χ0v) is 11.6. The van der Waals surface area contributed by atoms with Gasteiger partial charge < -0.3 is 10.4 Å². The predicted molar refractivity (Wildman–Crippen MR) is 72.6 cm³/mol. The normalized spacial score (nSPS) is 11.2. The second-order valence-corrected chi connectivity index (χ2v) is 4.80. The van der Waals surface area contributed by atoms with E-state index in [1.165, 1.54) is 0 Å². The average molecular weight is 284 g/mol. The largest absolute Gasteiger partial charge is 0.478 e. The van der Waals surface area contributed by atoms with Gasteiger partial charge in [-0.05, 0) is 19.8 Å². The molecule has 2 N–H and O–H groups in total. The number of hydrogen-bond acceptors (Lipinski definition) is 4. The molecule has 1 aromatic rings. The summed E-state index contributed by atoms with van der Waals surface area (Å²) < 4.78 is 13.7. The Bertz CT molecular complexity index is 541. The maximum atomic E-state index is 13.7. The van der Waals surface area contributed by atoms with E-state index in [9.17, 15) is 19.3 Å². The van der Waals surface area contributed by atoms with Crippen molar-refractivity contribution >= 4 is 17.3 Å². The summed E-state index contributed by atoms with van der Waals surface area (Å²) in [4.78, 5) is 21.1. The number of aromatic carboxylic acids is 1. The SMILES string of the molecule is CCC(C)(CC)Nc1cc(F)c(C(=O)O)cc1[N+](=O)[O-]. The maximum absolute atomic E-state index is 13.7. The summed E-state index contributed by atoms with van der Waals surface area (Å²) in [5, 5.41) is 22.8. The van der Waals surface area contributed by atoms with E-state index < -0.39 is 33.5 Å². The van der Waals surface area contributed by atoms with Gasteiger partial charge in [0.15, 0.2) is 0 Å². The lowest BCUT2D eigenvalue weighted by molar-refractivity contribution is -0.384. The number of halogens is 1. The van der Waals surface area contributed by atoms with Gasteiger partial charge in [-0.15, -0.1) is 0 Å². The molecule has 0 saturated carbocycles. The molecule has 0 bridgehead atoms. The van der Waals surface area contributed by atoms with Crippen molar-refractivity contribution in [3.05, 3.63) is 33.6 Å². The lowest BCUT2D eigenvalue weighted by Crippen LogP contribution is -2.33. The maximum Gasteiger partial charge on any atom is 0.338 e. The fourth-order valence-corrected chi connectivity index (χ4v) is 1.73. The van der Waals surface area contributed by atoms with E-state index in [-0.39, 0.29) is 5.69 Å².